The highest BCUT2D eigenvalue weighted by Crippen LogP contribution is 2.24. The number of aryl methyl sites for hydroxylation is 1. The van der Waals surface area contributed by atoms with Gasteiger partial charge in [-0.15, -0.1) is 9.80 Å². The van der Waals surface area contributed by atoms with Crippen molar-refractivity contribution in [2.45, 2.75) is 13.3 Å². The first-order chi connectivity index (χ1) is 11.7. The van der Waals surface area contributed by atoms with Gasteiger partial charge < -0.3 is 0 Å². The van der Waals surface area contributed by atoms with Gasteiger partial charge in [-0.2, -0.15) is 36.0 Å². The van der Waals surface area contributed by atoms with E-state index in [1.165, 1.54) is 0 Å². The van der Waals surface area contributed by atoms with Crippen molar-refractivity contribution in [2.24, 2.45) is 0 Å². The lowest BCUT2D eigenvalue weighted by atomic mass is 10.1. The Labute approximate surface area is 137 Å². The minimum absolute atomic E-state index is 0.165. The monoisotopic (exact) mass is 315 g/mol. The van der Waals surface area contributed by atoms with Crippen molar-refractivity contribution in [3.05, 3.63) is 29.8 Å². The molecule has 0 aliphatic carbocycles. The van der Waals surface area contributed by atoms with E-state index in [-0.39, 0.29) is 17.7 Å². The lowest BCUT2D eigenvalue weighted by Gasteiger charge is -2.11. The molecule has 1 heterocycles. The molecule has 0 spiro atoms. The van der Waals surface area contributed by atoms with Crippen molar-refractivity contribution in [3.8, 4) is 36.2 Å². The molecule has 0 aliphatic heterocycles. The molecule has 0 bridgehead atoms. The molecule has 1 aromatic carbocycles. The van der Waals surface area contributed by atoms with Crippen molar-refractivity contribution in [3.63, 3.8) is 0 Å². The normalized spacial score (nSPS) is 9.04. The smallest absolute Gasteiger partial charge is 0.191 e. The van der Waals surface area contributed by atoms with Crippen LogP contribution < -0.4 is 9.80 Å². The Hall–Kier alpha value is -4.21. The predicted octanol–water partition coefficient (Wildman–Crippen LogP) is 1.64. The summed E-state index contributed by atoms with van der Waals surface area (Å²) in [6.45, 7) is 1.95. The van der Waals surface area contributed by atoms with Gasteiger partial charge in [0.1, 0.15) is 0 Å². The van der Waals surface area contributed by atoms with Crippen LogP contribution >= 0.6 is 0 Å². The molecule has 0 saturated heterocycles. The summed E-state index contributed by atoms with van der Waals surface area (Å²) in [5.74, 6) is -0.360. The summed E-state index contributed by atoms with van der Waals surface area (Å²) in [7, 11) is 0. The number of rotatable bonds is 4. The molecule has 0 fully saturated rings. The molecule has 0 unspecified atom stereocenters. The second-order valence-electron chi connectivity index (χ2n) is 4.34. The fraction of sp³-hybridized carbons (Fsp3) is 0.133. The second kappa shape index (κ2) is 7.17. The molecule has 2 rings (SSSR count). The van der Waals surface area contributed by atoms with Crippen molar-refractivity contribution in [2.75, 3.05) is 9.80 Å². The first-order valence-electron chi connectivity index (χ1n) is 6.72. The van der Waals surface area contributed by atoms with Gasteiger partial charge in [-0.1, -0.05) is 31.2 Å². The maximum absolute atomic E-state index is 8.99. The van der Waals surface area contributed by atoms with E-state index in [1.807, 2.05) is 19.1 Å². The molecule has 0 saturated carbocycles. The molecule has 0 atom stereocenters. The van der Waals surface area contributed by atoms with Gasteiger partial charge in [-0.25, -0.2) is 0 Å². The summed E-state index contributed by atoms with van der Waals surface area (Å²) >= 11 is 0. The Kier molecular flexibility index (Phi) is 4.83. The molecular weight excluding hydrogens is 306 g/mol. The fourth-order valence-corrected chi connectivity index (χ4v) is 1.94. The number of nitriles is 4. The highest BCUT2D eigenvalue weighted by Gasteiger charge is 2.19. The molecule has 9 nitrogen and oxygen atoms in total. The third-order valence-electron chi connectivity index (χ3n) is 3.05. The summed E-state index contributed by atoms with van der Waals surface area (Å²) in [6.07, 6.45) is 7.15. The van der Waals surface area contributed by atoms with E-state index in [4.69, 9.17) is 21.0 Å². The fourth-order valence-electron chi connectivity index (χ4n) is 1.94. The quantitative estimate of drug-likeness (QED) is 0.607. The van der Waals surface area contributed by atoms with Crippen molar-refractivity contribution >= 4 is 11.9 Å². The Morgan fingerprint density at radius 2 is 1.33 bits per heavy atom. The number of benzene rings is 1. The minimum atomic E-state index is -0.263. The zero-order valence-corrected chi connectivity index (χ0v) is 12.5. The number of aromatic nitrogens is 3. The van der Waals surface area contributed by atoms with Crippen LogP contribution in [0.15, 0.2) is 24.3 Å². The van der Waals surface area contributed by atoms with E-state index >= 15 is 0 Å². The number of hydrogen-bond donors (Lipinski definition) is 0. The number of anilines is 2. The predicted molar refractivity (Wildman–Crippen MR) is 82.1 cm³/mol. The highest BCUT2D eigenvalue weighted by molar-refractivity contribution is 5.64. The number of nitrogens with zero attached hydrogens (tertiary/aromatic N) is 9. The summed E-state index contributed by atoms with van der Waals surface area (Å²) in [6, 6.07) is 7.31. The van der Waals surface area contributed by atoms with Crippen LogP contribution in [0.3, 0.4) is 0 Å². The topological polar surface area (TPSA) is 140 Å². The molecule has 1 aromatic heterocycles. The summed E-state index contributed by atoms with van der Waals surface area (Å²) in [5.41, 5.74) is 1.60. The van der Waals surface area contributed by atoms with Gasteiger partial charge in [-0.3, -0.25) is 0 Å². The lowest BCUT2D eigenvalue weighted by molar-refractivity contribution is 0.986. The lowest BCUT2D eigenvalue weighted by Crippen LogP contribution is -2.18. The van der Waals surface area contributed by atoms with Crippen LogP contribution in [0.1, 0.15) is 12.5 Å². The van der Waals surface area contributed by atoms with E-state index in [0.717, 1.165) is 5.56 Å². The standard InChI is InChI=1S/C15H9N9/c1-2-11-5-3-4-6-12(11)13-20-14(23(7-16)8-17)22-15(21-13)24(9-18)10-19/h3-6H,2H2,1H3. The Bertz CT molecular complexity index is 845. The molecule has 9 heteroatoms. The summed E-state index contributed by atoms with van der Waals surface area (Å²) < 4.78 is 0. The van der Waals surface area contributed by atoms with Crippen LogP contribution in [0.25, 0.3) is 11.4 Å². The van der Waals surface area contributed by atoms with Crippen LogP contribution in [0.5, 0.6) is 0 Å². The van der Waals surface area contributed by atoms with E-state index in [2.05, 4.69) is 15.0 Å². The van der Waals surface area contributed by atoms with Crippen LogP contribution in [0, 0.1) is 45.8 Å². The average Bonchev–Trinajstić information content (AvgIpc) is 2.63. The second-order valence-corrected chi connectivity index (χ2v) is 4.34. The zero-order chi connectivity index (χ0) is 17.5. The average molecular weight is 315 g/mol. The molecule has 0 aliphatic rings. The van der Waals surface area contributed by atoms with Crippen LogP contribution in [0.2, 0.25) is 0 Å². The first-order valence-corrected chi connectivity index (χ1v) is 6.72. The van der Waals surface area contributed by atoms with Crippen molar-refractivity contribution < 1.29 is 0 Å². The third-order valence-corrected chi connectivity index (χ3v) is 3.05. The third kappa shape index (κ3) is 3.01. The van der Waals surface area contributed by atoms with Crippen LogP contribution in [-0.4, -0.2) is 15.0 Å². The van der Waals surface area contributed by atoms with Crippen molar-refractivity contribution in [1.82, 2.24) is 15.0 Å². The van der Waals surface area contributed by atoms with E-state index < -0.39 is 0 Å². The molecule has 0 radical (unpaired) electrons. The summed E-state index contributed by atoms with van der Waals surface area (Å²) in [4.78, 5) is 13.2. The Morgan fingerprint density at radius 1 is 0.833 bits per heavy atom. The van der Waals surface area contributed by atoms with Gasteiger partial charge in [0.05, 0.1) is 0 Å². The van der Waals surface area contributed by atoms with Gasteiger partial charge in [0.2, 0.25) is 24.8 Å². The Morgan fingerprint density at radius 3 is 1.79 bits per heavy atom. The number of hydrogen-bond acceptors (Lipinski definition) is 9. The Balaban J connectivity index is 2.73. The van der Waals surface area contributed by atoms with E-state index in [1.54, 1.807) is 36.9 Å². The largest absolute Gasteiger partial charge is 0.258 e. The van der Waals surface area contributed by atoms with Gasteiger partial charge in [-0.05, 0) is 12.0 Å². The molecular formula is C15H9N9. The first kappa shape index (κ1) is 16.2. The highest BCUT2D eigenvalue weighted by atomic mass is 15.3. The zero-order valence-electron chi connectivity index (χ0n) is 12.5. The van der Waals surface area contributed by atoms with Crippen molar-refractivity contribution in [1.29, 1.82) is 21.0 Å². The van der Waals surface area contributed by atoms with Crippen LogP contribution in [-0.2, 0) is 6.42 Å². The maximum Gasteiger partial charge on any atom is 0.258 e. The SMILES string of the molecule is CCc1ccccc1-c1nc(N(C#N)C#N)nc(N(C#N)C#N)n1. The molecule has 114 valence electrons. The molecule has 0 amide bonds. The van der Waals surface area contributed by atoms with Gasteiger partial charge in [0, 0.05) is 5.56 Å². The van der Waals surface area contributed by atoms with E-state index in [0.29, 0.717) is 21.8 Å². The maximum atomic E-state index is 8.99. The van der Waals surface area contributed by atoms with Gasteiger partial charge in [0.15, 0.2) is 5.82 Å². The minimum Gasteiger partial charge on any atom is -0.191 e. The van der Waals surface area contributed by atoms with Gasteiger partial charge in [0.25, 0.3) is 11.9 Å². The molecule has 2 aromatic rings. The summed E-state index contributed by atoms with van der Waals surface area (Å²) in [5, 5.41) is 36.0. The van der Waals surface area contributed by atoms with Gasteiger partial charge >= 0.3 is 0 Å². The van der Waals surface area contributed by atoms with Crippen LogP contribution in [0.4, 0.5) is 11.9 Å². The molecule has 0 N–H and O–H groups in total. The molecule has 24 heavy (non-hydrogen) atoms. The van der Waals surface area contributed by atoms with E-state index in [9.17, 15) is 0 Å².